The summed E-state index contributed by atoms with van der Waals surface area (Å²) in [5.74, 6) is -1.58. The number of amides is 1. The summed E-state index contributed by atoms with van der Waals surface area (Å²) < 4.78 is 60.8. The van der Waals surface area contributed by atoms with Gasteiger partial charge < -0.3 is 9.64 Å². The maximum Gasteiger partial charge on any atom is 0.257 e. The zero-order valence-electron chi connectivity index (χ0n) is 16.7. The van der Waals surface area contributed by atoms with E-state index in [0.29, 0.717) is 18.4 Å². The van der Waals surface area contributed by atoms with E-state index in [0.717, 1.165) is 6.07 Å². The van der Waals surface area contributed by atoms with Gasteiger partial charge in [-0.05, 0) is 55.5 Å². The van der Waals surface area contributed by atoms with Gasteiger partial charge in [0, 0.05) is 19.2 Å². The lowest BCUT2D eigenvalue weighted by Crippen LogP contribution is -2.51. The summed E-state index contributed by atoms with van der Waals surface area (Å²) in [5, 5.41) is 0. The second-order valence-electron chi connectivity index (χ2n) is 8.29. The van der Waals surface area contributed by atoms with Crippen LogP contribution in [0.2, 0.25) is 0 Å². The van der Waals surface area contributed by atoms with Crippen LogP contribution in [0.1, 0.15) is 37.3 Å². The number of nitrogens with zero attached hydrogens (tertiary/aromatic N) is 2. The molecule has 3 saturated heterocycles. The van der Waals surface area contributed by atoms with Crippen molar-refractivity contribution in [3.63, 3.8) is 0 Å². The van der Waals surface area contributed by atoms with Crippen molar-refractivity contribution in [2.45, 2.75) is 48.4 Å². The Morgan fingerprint density at radius 2 is 1.61 bits per heavy atom. The second-order valence-corrected chi connectivity index (χ2v) is 10.2. The Morgan fingerprint density at radius 3 is 2.26 bits per heavy atom. The molecule has 3 fully saturated rings. The summed E-state index contributed by atoms with van der Waals surface area (Å²) in [5.41, 5.74) is -0.671. The third-order valence-corrected chi connectivity index (χ3v) is 8.41. The van der Waals surface area contributed by atoms with Crippen LogP contribution in [0.25, 0.3) is 0 Å². The van der Waals surface area contributed by atoms with Gasteiger partial charge in [0.2, 0.25) is 10.0 Å². The molecule has 0 aromatic heterocycles. The van der Waals surface area contributed by atoms with Gasteiger partial charge >= 0.3 is 0 Å². The van der Waals surface area contributed by atoms with E-state index in [1.54, 1.807) is 35.2 Å². The van der Waals surface area contributed by atoms with Crippen LogP contribution in [0.4, 0.5) is 8.78 Å². The predicted octanol–water partition coefficient (Wildman–Crippen LogP) is 3.21. The average molecular weight is 448 g/mol. The number of piperidine rings is 1. The number of hydrogen-bond donors (Lipinski definition) is 0. The first-order valence-corrected chi connectivity index (χ1v) is 11.8. The zero-order chi connectivity index (χ0) is 21.8. The summed E-state index contributed by atoms with van der Waals surface area (Å²) in [4.78, 5) is 15.2. The second kappa shape index (κ2) is 7.36. The maximum atomic E-state index is 13.7. The van der Waals surface area contributed by atoms with Gasteiger partial charge in [-0.15, -0.1) is 0 Å². The Morgan fingerprint density at radius 1 is 0.968 bits per heavy atom. The quantitative estimate of drug-likeness (QED) is 0.723. The standard InChI is InChI=1S/C22H22F2N2O4S/c23-16-12-15(13-17(24)14-16)19-6-7-20-26(19)21(27)22(30-20)8-10-25(11-9-22)31(28,29)18-4-2-1-3-5-18/h1-5,12-14,19-20H,6-11H2/t19-,20+/m0/s1. The average Bonchev–Trinajstić information content (AvgIpc) is 3.27. The minimum atomic E-state index is -3.64. The molecule has 2 aromatic rings. The lowest BCUT2D eigenvalue weighted by Gasteiger charge is -2.36. The number of halogens is 2. The maximum absolute atomic E-state index is 13.7. The number of benzene rings is 2. The van der Waals surface area contributed by atoms with Crippen LogP contribution >= 0.6 is 0 Å². The van der Waals surface area contributed by atoms with E-state index in [2.05, 4.69) is 0 Å². The van der Waals surface area contributed by atoms with E-state index in [4.69, 9.17) is 4.74 Å². The molecule has 9 heteroatoms. The predicted molar refractivity (Wildman–Crippen MR) is 107 cm³/mol. The van der Waals surface area contributed by atoms with Gasteiger partial charge in [0.25, 0.3) is 5.91 Å². The fourth-order valence-electron chi connectivity index (χ4n) is 4.97. The minimum Gasteiger partial charge on any atom is -0.342 e. The van der Waals surface area contributed by atoms with Crippen molar-refractivity contribution in [2.75, 3.05) is 13.1 Å². The van der Waals surface area contributed by atoms with E-state index in [1.807, 2.05) is 0 Å². The summed E-state index contributed by atoms with van der Waals surface area (Å²) in [6.45, 7) is 0.339. The molecule has 0 unspecified atom stereocenters. The van der Waals surface area contributed by atoms with Crippen molar-refractivity contribution >= 4 is 15.9 Å². The molecule has 5 rings (SSSR count). The highest BCUT2D eigenvalue weighted by atomic mass is 32.2. The Labute approximate surface area is 179 Å². The van der Waals surface area contributed by atoms with Gasteiger partial charge in [-0.25, -0.2) is 17.2 Å². The Kier molecular flexibility index (Phi) is 4.87. The van der Waals surface area contributed by atoms with Crippen molar-refractivity contribution in [3.05, 3.63) is 65.7 Å². The molecule has 3 aliphatic rings. The highest BCUT2D eigenvalue weighted by molar-refractivity contribution is 7.89. The van der Waals surface area contributed by atoms with E-state index >= 15 is 0 Å². The fourth-order valence-corrected chi connectivity index (χ4v) is 6.43. The Hall–Kier alpha value is -2.36. The third-order valence-electron chi connectivity index (χ3n) is 6.50. The van der Waals surface area contributed by atoms with Gasteiger partial charge in [0.15, 0.2) is 5.60 Å². The summed E-state index contributed by atoms with van der Waals surface area (Å²) in [7, 11) is -3.64. The van der Waals surface area contributed by atoms with E-state index in [9.17, 15) is 22.0 Å². The monoisotopic (exact) mass is 448 g/mol. The number of carbonyl (C=O) groups is 1. The molecule has 0 aliphatic carbocycles. The molecule has 2 aromatic carbocycles. The van der Waals surface area contributed by atoms with Gasteiger partial charge in [-0.2, -0.15) is 4.31 Å². The molecule has 1 spiro atoms. The van der Waals surface area contributed by atoms with Crippen LogP contribution in [0.3, 0.4) is 0 Å². The molecule has 0 radical (unpaired) electrons. The lowest BCUT2D eigenvalue weighted by molar-refractivity contribution is -0.142. The van der Waals surface area contributed by atoms with E-state index < -0.39 is 39.5 Å². The van der Waals surface area contributed by atoms with Crippen molar-refractivity contribution in [1.29, 1.82) is 0 Å². The van der Waals surface area contributed by atoms with Crippen molar-refractivity contribution in [1.82, 2.24) is 9.21 Å². The number of carbonyl (C=O) groups excluding carboxylic acids is 1. The van der Waals surface area contributed by atoms with E-state index in [1.165, 1.54) is 16.4 Å². The SMILES string of the molecule is O=C1N2[C@@H](CC[C@H]2c2cc(F)cc(F)c2)OC12CCN(S(=O)(=O)c1ccccc1)CC2. The van der Waals surface area contributed by atoms with Crippen LogP contribution in [0.15, 0.2) is 53.4 Å². The number of rotatable bonds is 3. The normalized spacial score (nSPS) is 25.9. The van der Waals surface area contributed by atoms with Crippen LogP contribution in [0, 0.1) is 11.6 Å². The van der Waals surface area contributed by atoms with Crippen LogP contribution in [0.5, 0.6) is 0 Å². The Balaban J connectivity index is 1.35. The highest BCUT2D eigenvalue weighted by Gasteiger charge is 2.58. The molecule has 164 valence electrons. The fraction of sp³-hybridized carbons (Fsp3) is 0.409. The van der Waals surface area contributed by atoms with Gasteiger partial charge in [-0.1, -0.05) is 18.2 Å². The summed E-state index contributed by atoms with van der Waals surface area (Å²) >= 11 is 0. The lowest BCUT2D eigenvalue weighted by atomic mass is 9.90. The smallest absolute Gasteiger partial charge is 0.257 e. The van der Waals surface area contributed by atoms with Crippen molar-refractivity contribution < 1.29 is 26.7 Å². The zero-order valence-corrected chi connectivity index (χ0v) is 17.5. The molecule has 3 aliphatic heterocycles. The first kappa shape index (κ1) is 20.5. The number of sulfonamides is 1. The molecule has 31 heavy (non-hydrogen) atoms. The first-order valence-electron chi connectivity index (χ1n) is 10.3. The first-order chi connectivity index (χ1) is 14.8. The molecule has 0 saturated carbocycles. The van der Waals surface area contributed by atoms with Crippen LogP contribution < -0.4 is 0 Å². The molecule has 2 atom stereocenters. The molecule has 0 N–H and O–H groups in total. The topological polar surface area (TPSA) is 66.9 Å². The molecule has 6 nitrogen and oxygen atoms in total. The highest BCUT2D eigenvalue weighted by Crippen LogP contribution is 2.48. The molecule has 1 amide bonds. The van der Waals surface area contributed by atoms with Crippen molar-refractivity contribution in [2.24, 2.45) is 0 Å². The van der Waals surface area contributed by atoms with Gasteiger partial charge in [0.1, 0.15) is 17.9 Å². The summed E-state index contributed by atoms with van der Waals surface area (Å²) in [6.07, 6.45) is 1.16. The number of hydrogen-bond acceptors (Lipinski definition) is 4. The molecular weight excluding hydrogens is 426 g/mol. The van der Waals surface area contributed by atoms with Gasteiger partial charge in [0.05, 0.1) is 10.9 Å². The number of fused-ring (bicyclic) bond motifs is 1. The molecular formula is C22H22F2N2O4S. The van der Waals surface area contributed by atoms with E-state index in [-0.39, 0.29) is 36.7 Å². The van der Waals surface area contributed by atoms with Crippen LogP contribution in [-0.2, 0) is 19.6 Å². The van der Waals surface area contributed by atoms with Crippen molar-refractivity contribution in [3.8, 4) is 0 Å². The van der Waals surface area contributed by atoms with Gasteiger partial charge in [-0.3, -0.25) is 4.79 Å². The minimum absolute atomic E-state index is 0.169. The summed E-state index contributed by atoms with van der Waals surface area (Å²) in [6, 6.07) is 11.1. The molecule has 3 heterocycles. The third kappa shape index (κ3) is 3.35. The van der Waals surface area contributed by atoms with Crippen LogP contribution in [-0.4, -0.2) is 48.4 Å². The molecule has 0 bridgehead atoms. The largest absolute Gasteiger partial charge is 0.342 e. The number of ether oxygens (including phenoxy) is 1. The Bertz CT molecular complexity index is 1100.